The first-order valence-corrected chi connectivity index (χ1v) is 7.05. The maximum atomic E-state index is 6.05. The number of benzene rings is 2. The van der Waals surface area contributed by atoms with Crippen molar-refractivity contribution in [2.75, 3.05) is 7.05 Å². The molecule has 0 amide bonds. The van der Waals surface area contributed by atoms with Gasteiger partial charge in [-0.2, -0.15) is 0 Å². The Hall–Kier alpha value is -1.31. The topological polar surface area (TPSA) is 12.0 Å². The zero-order valence-corrected chi connectivity index (χ0v) is 12.2. The molecule has 2 rings (SSSR count). The molecule has 0 aliphatic carbocycles. The quantitative estimate of drug-likeness (QED) is 0.843. The van der Waals surface area contributed by atoms with E-state index in [-0.39, 0.29) is 0 Å². The minimum Gasteiger partial charge on any atom is -0.313 e. The summed E-state index contributed by atoms with van der Waals surface area (Å²) in [5.41, 5.74) is 3.94. The van der Waals surface area contributed by atoms with E-state index in [9.17, 15) is 0 Å². The second-order valence-electron chi connectivity index (χ2n) is 4.92. The minimum absolute atomic E-state index is 0.347. The predicted octanol–water partition coefficient (Wildman–Crippen LogP) is 4.54. The molecule has 1 N–H and O–H groups in total. The minimum atomic E-state index is 0.347. The van der Waals surface area contributed by atoms with Crippen molar-refractivity contribution in [2.45, 2.75) is 25.8 Å². The summed E-state index contributed by atoms with van der Waals surface area (Å²) in [5, 5.41) is 4.17. The number of nitrogens with one attached hydrogen (secondary N) is 1. The van der Waals surface area contributed by atoms with E-state index in [1.165, 1.54) is 16.7 Å². The van der Waals surface area contributed by atoms with Crippen molar-refractivity contribution in [2.24, 2.45) is 0 Å². The first kappa shape index (κ1) is 14.1. The van der Waals surface area contributed by atoms with Gasteiger partial charge in [-0.15, -0.1) is 0 Å². The summed E-state index contributed by atoms with van der Waals surface area (Å²) in [7, 11) is 2.00. The first-order chi connectivity index (χ1) is 9.19. The first-order valence-electron chi connectivity index (χ1n) is 6.67. The summed E-state index contributed by atoms with van der Waals surface area (Å²) in [6, 6.07) is 17.2. The molecule has 0 bridgehead atoms. The Morgan fingerprint density at radius 1 is 1.11 bits per heavy atom. The van der Waals surface area contributed by atoms with Crippen LogP contribution in [0.15, 0.2) is 48.5 Å². The van der Waals surface area contributed by atoms with Crippen LogP contribution in [0.1, 0.15) is 29.2 Å². The Morgan fingerprint density at radius 3 is 2.47 bits per heavy atom. The molecule has 2 aromatic carbocycles. The van der Waals surface area contributed by atoms with Gasteiger partial charge in [0.05, 0.1) is 0 Å². The normalized spacial score (nSPS) is 12.4. The average molecular weight is 274 g/mol. The molecule has 0 aliphatic heterocycles. The Balaban J connectivity index is 2.01. The lowest BCUT2D eigenvalue weighted by Crippen LogP contribution is -2.17. The third-order valence-electron chi connectivity index (χ3n) is 3.44. The summed E-state index contributed by atoms with van der Waals surface area (Å²) >= 11 is 6.05. The SMILES string of the molecule is CNC(CCc1ccc(C)cc1)c1cccc(Cl)c1. The van der Waals surface area contributed by atoms with E-state index in [0.29, 0.717) is 6.04 Å². The molecule has 0 saturated heterocycles. The molecule has 100 valence electrons. The van der Waals surface area contributed by atoms with Gasteiger partial charge in [-0.25, -0.2) is 0 Å². The summed E-state index contributed by atoms with van der Waals surface area (Å²) in [5.74, 6) is 0. The van der Waals surface area contributed by atoms with Crippen molar-refractivity contribution in [1.82, 2.24) is 5.32 Å². The van der Waals surface area contributed by atoms with E-state index in [1.54, 1.807) is 0 Å². The maximum Gasteiger partial charge on any atom is 0.0409 e. The van der Waals surface area contributed by atoms with E-state index in [0.717, 1.165) is 17.9 Å². The van der Waals surface area contributed by atoms with Crippen LogP contribution < -0.4 is 5.32 Å². The van der Waals surface area contributed by atoms with Crippen LogP contribution in [-0.4, -0.2) is 7.05 Å². The van der Waals surface area contributed by atoms with Crippen molar-refractivity contribution in [3.8, 4) is 0 Å². The van der Waals surface area contributed by atoms with Gasteiger partial charge in [0.2, 0.25) is 0 Å². The van der Waals surface area contributed by atoms with E-state index < -0.39 is 0 Å². The van der Waals surface area contributed by atoms with Crippen LogP contribution in [0, 0.1) is 6.92 Å². The van der Waals surface area contributed by atoms with Crippen LogP contribution >= 0.6 is 11.6 Å². The molecule has 0 spiro atoms. The average Bonchev–Trinajstić information content (AvgIpc) is 2.42. The van der Waals surface area contributed by atoms with Gasteiger partial charge in [-0.3, -0.25) is 0 Å². The molecule has 0 heterocycles. The van der Waals surface area contributed by atoms with E-state index in [2.05, 4.69) is 42.6 Å². The molecule has 1 nitrogen and oxygen atoms in total. The summed E-state index contributed by atoms with van der Waals surface area (Å²) in [6.45, 7) is 2.12. The van der Waals surface area contributed by atoms with Crippen molar-refractivity contribution in [1.29, 1.82) is 0 Å². The fourth-order valence-corrected chi connectivity index (χ4v) is 2.47. The fourth-order valence-electron chi connectivity index (χ4n) is 2.27. The zero-order chi connectivity index (χ0) is 13.7. The molecule has 1 unspecified atom stereocenters. The molecule has 0 radical (unpaired) electrons. The van der Waals surface area contributed by atoms with Gasteiger partial charge < -0.3 is 5.32 Å². The van der Waals surface area contributed by atoms with Crippen LogP contribution in [0.5, 0.6) is 0 Å². The smallest absolute Gasteiger partial charge is 0.0409 e. The van der Waals surface area contributed by atoms with Crippen molar-refractivity contribution in [3.63, 3.8) is 0 Å². The Bertz CT molecular complexity index is 519. The molecule has 2 heteroatoms. The number of rotatable bonds is 5. The molecule has 2 aromatic rings. The van der Waals surface area contributed by atoms with E-state index >= 15 is 0 Å². The second kappa shape index (κ2) is 6.74. The standard InChI is InChI=1S/C17H20ClN/c1-13-6-8-14(9-7-13)10-11-17(19-2)15-4-3-5-16(18)12-15/h3-9,12,17,19H,10-11H2,1-2H3. The van der Waals surface area contributed by atoms with E-state index in [4.69, 9.17) is 11.6 Å². The van der Waals surface area contributed by atoms with Crippen LogP contribution in [0.25, 0.3) is 0 Å². The third kappa shape index (κ3) is 4.09. The van der Waals surface area contributed by atoms with Crippen molar-refractivity contribution in [3.05, 3.63) is 70.2 Å². The third-order valence-corrected chi connectivity index (χ3v) is 3.68. The summed E-state index contributed by atoms with van der Waals surface area (Å²) in [4.78, 5) is 0. The largest absolute Gasteiger partial charge is 0.313 e. The Labute approximate surface area is 120 Å². The number of hydrogen-bond donors (Lipinski definition) is 1. The lowest BCUT2D eigenvalue weighted by Gasteiger charge is -2.17. The highest BCUT2D eigenvalue weighted by molar-refractivity contribution is 6.30. The molecule has 0 aliphatic rings. The molecule has 0 aromatic heterocycles. The number of hydrogen-bond acceptors (Lipinski definition) is 1. The van der Waals surface area contributed by atoms with E-state index in [1.807, 2.05) is 25.2 Å². The molecule has 19 heavy (non-hydrogen) atoms. The van der Waals surface area contributed by atoms with Gasteiger partial charge in [0, 0.05) is 11.1 Å². The van der Waals surface area contributed by atoms with Crippen LogP contribution in [0.2, 0.25) is 5.02 Å². The van der Waals surface area contributed by atoms with Gasteiger partial charge in [0.15, 0.2) is 0 Å². The van der Waals surface area contributed by atoms with Gasteiger partial charge in [0.25, 0.3) is 0 Å². The lowest BCUT2D eigenvalue weighted by molar-refractivity contribution is 0.549. The van der Waals surface area contributed by atoms with Crippen LogP contribution in [0.3, 0.4) is 0 Å². The molecule has 1 atom stereocenters. The Kier molecular flexibility index (Phi) is 5.00. The maximum absolute atomic E-state index is 6.05. The summed E-state index contributed by atoms with van der Waals surface area (Å²) < 4.78 is 0. The lowest BCUT2D eigenvalue weighted by atomic mass is 9.99. The predicted molar refractivity (Wildman–Crippen MR) is 82.8 cm³/mol. The Morgan fingerprint density at radius 2 is 1.84 bits per heavy atom. The molecular formula is C17H20ClN. The fraction of sp³-hybridized carbons (Fsp3) is 0.294. The molecule has 0 fully saturated rings. The van der Waals surface area contributed by atoms with Gasteiger partial charge in [-0.05, 0) is 50.1 Å². The highest BCUT2D eigenvalue weighted by atomic mass is 35.5. The van der Waals surface area contributed by atoms with Gasteiger partial charge in [0.1, 0.15) is 0 Å². The summed E-state index contributed by atoms with van der Waals surface area (Å²) in [6.07, 6.45) is 2.14. The highest BCUT2D eigenvalue weighted by Crippen LogP contribution is 2.22. The highest BCUT2D eigenvalue weighted by Gasteiger charge is 2.09. The van der Waals surface area contributed by atoms with Crippen LogP contribution in [-0.2, 0) is 6.42 Å². The second-order valence-corrected chi connectivity index (χ2v) is 5.36. The van der Waals surface area contributed by atoms with Gasteiger partial charge in [-0.1, -0.05) is 53.6 Å². The number of halogens is 1. The monoisotopic (exact) mass is 273 g/mol. The molecule has 0 saturated carbocycles. The van der Waals surface area contributed by atoms with Crippen molar-refractivity contribution < 1.29 is 0 Å². The van der Waals surface area contributed by atoms with Crippen molar-refractivity contribution >= 4 is 11.6 Å². The van der Waals surface area contributed by atoms with Gasteiger partial charge >= 0.3 is 0 Å². The molecular weight excluding hydrogens is 254 g/mol. The number of aryl methyl sites for hydroxylation is 2. The zero-order valence-electron chi connectivity index (χ0n) is 11.5. The van der Waals surface area contributed by atoms with Crippen LogP contribution in [0.4, 0.5) is 0 Å².